The minimum absolute atomic E-state index is 0.00405. The fourth-order valence-electron chi connectivity index (χ4n) is 2.25. The summed E-state index contributed by atoms with van der Waals surface area (Å²) >= 11 is 5.94. The van der Waals surface area contributed by atoms with E-state index in [4.69, 9.17) is 11.6 Å². The molecular weight excluding hydrogens is 270 g/mol. The minimum Gasteiger partial charge on any atom is -0.308 e. The van der Waals surface area contributed by atoms with Gasteiger partial charge >= 0.3 is 0 Å². The van der Waals surface area contributed by atoms with Crippen molar-refractivity contribution in [3.05, 3.63) is 71.0 Å². The highest BCUT2D eigenvalue weighted by Gasteiger charge is 2.14. The monoisotopic (exact) mass is 283 g/mol. The van der Waals surface area contributed by atoms with Gasteiger partial charge in [0, 0.05) is 5.02 Å². The Hall–Kier alpha value is -1.97. The minimum atomic E-state index is 0.00405. The van der Waals surface area contributed by atoms with E-state index in [0.29, 0.717) is 0 Å². The van der Waals surface area contributed by atoms with Gasteiger partial charge in [0.25, 0.3) is 0 Å². The number of nitrogens with zero attached hydrogens (tertiary/aromatic N) is 2. The predicted molar refractivity (Wildman–Crippen MR) is 81.9 cm³/mol. The van der Waals surface area contributed by atoms with Crippen LogP contribution in [0.1, 0.15) is 17.3 Å². The first-order chi connectivity index (χ1) is 9.78. The number of para-hydroxylation sites is 2. The maximum atomic E-state index is 5.94. The van der Waals surface area contributed by atoms with Crippen LogP contribution in [0.5, 0.6) is 0 Å². The van der Waals surface area contributed by atoms with Crippen molar-refractivity contribution in [2.24, 2.45) is 0 Å². The number of benzene rings is 2. The summed E-state index contributed by atoms with van der Waals surface area (Å²) in [4.78, 5) is 9.15. The molecule has 0 aliphatic rings. The smallest absolute Gasteiger partial charge is 0.0890 e. The lowest BCUT2D eigenvalue weighted by atomic mass is 10.0. The highest BCUT2D eigenvalue weighted by atomic mass is 35.5. The van der Waals surface area contributed by atoms with Gasteiger partial charge in [-0.25, -0.2) is 4.98 Å². The normalized spacial score (nSPS) is 12.5. The van der Waals surface area contributed by atoms with Crippen molar-refractivity contribution >= 4 is 22.6 Å². The van der Waals surface area contributed by atoms with Crippen LogP contribution in [-0.4, -0.2) is 17.0 Å². The van der Waals surface area contributed by atoms with E-state index < -0.39 is 0 Å². The maximum Gasteiger partial charge on any atom is 0.0890 e. The van der Waals surface area contributed by atoms with Gasteiger partial charge in [0.05, 0.1) is 29.0 Å². The van der Waals surface area contributed by atoms with Crippen molar-refractivity contribution in [2.45, 2.75) is 6.04 Å². The Bertz CT molecular complexity index is 725. The molecule has 0 amide bonds. The molecule has 4 heteroatoms. The van der Waals surface area contributed by atoms with Crippen molar-refractivity contribution in [2.75, 3.05) is 7.05 Å². The van der Waals surface area contributed by atoms with Gasteiger partial charge in [0.1, 0.15) is 0 Å². The molecule has 0 radical (unpaired) electrons. The molecule has 1 atom stereocenters. The van der Waals surface area contributed by atoms with Crippen molar-refractivity contribution in [1.29, 1.82) is 0 Å². The number of nitrogens with one attached hydrogen (secondary N) is 1. The zero-order valence-electron chi connectivity index (χ0n) is 11.0. The van der Waals surface area contributed by atoms with Crippen molar-refractivity contribution < 1.29 is 0 Å². The summed E-state index contributed by atoms with van der Waals surface area (Å²) in [5.41, 5.74) is 3.82. The first-order valence-electron chi connectivity index (χ1n) is 6.42. The molecule has 3 rings (SSSR count). The summed E-state index contributed by atoms with van der Waals surface area (Å²) in [5.74, 6) is 0. The largest absolute Gasteiger partial charge is 0.308 e. The third-order valence-electron chi connectivity index (χ3n) is 3.25. The quantitative estimate of drug-likeness (QED) is 0.798. The average Bonchev–Trinajstić information content (AvgIpc) is 2.50. The summed E-state index contributed by atoms with van der Waals surface area (Å²) in [6.07, 6.45) is 1.82. The number of hydrogen-bond acceptors (Lipinski definition) is 3. The van der Waals surface area contributed by atoms with E-state index in [1.54, 1.807) is 0 Å². The fourth-order valence-corrected chi connectivity index (χ4v) is 2.38. The van der Waals surface area contributed by atoms with E-state index in [1.807, 2.05) is 61.8 Å². The number of fused-ring (bicyclic) bond motifs is 1. The van der Waals surface area contributed by atoms with E-state index in [9.17, 15) is 0 Å². The van der Waals surface area contributed by atoms with Crippen LogP contribution in [0.15, 0.2) is 54.7 Å². The maximum absolute atomic E-state index is 5.94. The third-order valence-corrected chi connectivity index (χ3v) is 3.51. The Morgan fingerprint density at radius 3 is 2.40 bits per heavy atom. The van der Waals surface area contributed by atoms with Crippen molar-refractivity contribution in [3.8, 4) is 0 Å². The van der Waals surface area contributed by atoms with Crippen LogP contribution in [0.4, 0.5) is 0 Å². The lowest BCUT2D eigenvalue weighted by Gasteiger charge is -2.16. The van der Waals surface area contributed by atoms with Gasteiger partial charge in [-0.1, -0.05) is 35.9 Å². The summed E-state index contributed by atoms with van der Waals surface area (Å²) < 4.78 is 0. The lowest BCUT2D eigenvalue weighted by molar-refractivity contribution is 0.671. The Balaban J connectivity index is 2.04. The number of aromatic nitrogens is 2. The average molecular weight is 284 g/mol. The van der Waals surface area contributed by atoms with E-state index in [0.717, 1.165) is 27.3 Å². The Morgan fingerprint density at radius 1 is 1.00 bits per heavy atom. The standard InChI is InChI=1S/C16H14ClN3/c1-18-16(11-6-8-12(17)9-7-11)15-10-19-13-4-2-3-5-14(13)20-15/h2-10,16,18H,1H3. The molecular formula is C16H14ClN3. The van der Waals surface area contributed by atoms with Crippen LogP contribution >= 0.6 is 11.6 Å². The Morgan fingerprint density at radius 2 is 1.70 bits per heavy atom. The van der Waals surface area contributed by atoms with E-state index in [-0.39, 0.29) is 6.04 Å². The first kappa shape index (κ1) is 13.0. The van der Waals surface area contributed by atoms with Gasteiger partial charge in [0.15, 0.2) is 0 Å². The molecule has 1 N–H and O–H groups in total. The number of hydrogen-bond donors (Lipinski definition) is 1. The molecule has 3 nitrogen and oxygen atoms in total. The van der Waals surface area contributed by atoms with Gasteiger partial charge in [-0.05, 0) is 36.9 Å². The van der Waals surface area contributed by atoms with Crippen molar-refractivity contribution in [3.63, 3.8) is 0 Å². The van der Waals surface area contributed by atoms with Gasteiger partial charge < -0.3 is 5.32 Å². The van der Waals surface area contributed by atoms with E-state index in [2.05, 4.69) is 15.3 Å². The highest BCUT2D eigenvalue weighted by Crippen LogP contribution is 2.22. The zero-order chi connectivity index (χ0) is 13.9. The molecule has 0 aliphatic heterocycles. The van der Waals surface area contributed by atoms with Gasteiger partial charge in [-0.3, -0.25) is 4.98 Å². The third kappa shape index (κ3) is 2.50. The van der Waals surface area contributed by atoms with Crippen LogP contribution in [0.2, 0.25) is 5.02 Å². The van der Waals surface area contributed by atoms with Crippen LogP contribution in [0.3, 0.4) is 0 Å². The molecule has 0 bridgehead atoms. The van der Waals surface area contributed by atoms with Crippen LogP contribution in [-0.2, 0) is 0 Å². The number of halogens is 1. The van der Waals surface area contributed by atoms with Gasteiger partial charge in [-0.2, -0.15) is 0 Å². The first-order valence-corrected chi connectivity index (χ1v) is 6.80. The lowest BCUT2D eigenvalue weighted by Crippen LogP contribution is -2.19. The second-order valence-electron chi connectivity index (χ2n) is 4.56. The summed E-state index contributed by atoms with van der Waals surface area (Å²) in [5, 5.41) is 4.00. The number of rotatable bonds is 3. The molecule has 0 spiro atoms. The fraction of sp³-hybridized carbons (Fsp3) is 0.125. The summed E-state index contributed by atoms with van der Waals surface area (Å²) in [7, 11) is 1.91. The molecule has 0 saturated heterocycles. The second kappa shape index (κ2) is 5.57. The van der Waals surface area contributed by atoms with Crippen molar-refractivity contribution in [1.82, 2.24) is 15.3 Å². The topological polar surface area (TPSA) is 37.8 Å². The molecule has 0 saturated carbocycles. The summed E-state index contributed by atoms with van der Waals surface area (Å²) in [6, 6.07) is 15.6. The molecule has 100 valence electrons. The van der Waals surface area contributed by atoms with E-state index >= 15 is 0 Å². The molecule has 20 heavy (non-hydrogen) atoms. The zero-order valence-corrected chi connectivity index (χ0v) is 11.8. The Kier molecular flexibility index (Phi) is 3.63. The van der Waals surface area contributed by atoms with Crippen LogP contribution < -0.4 is 5.32 Å². The van der Waals surface area contributed by atoms with E-state index in [1.165, 1.54) is 0 Å². The van der Waals surface area contributed by atoms with Crippen LogP contribution in [0, 0.1) is 0 Å². The highest BCUT2D eigenvalue weighted by molar-refractivity contribution is 6.30. The van der Waals surface area contributed by atoms with Gasteiger partial charge in [0.2, 0.25) is 0 Å². The molecule has 1 aromatic heterocycles. The SMILES string of the molecule is CNC(c1ccc(Cl)cc1)c1cnc2ccccc2n1. The molecule has 3 aromatic rings. The molecule has 0 aliphatic carbocycles. The molecule has 1 unspecified atom stereocenters. The molecule has 2 aromatic carbocycles. The van der Waals surface area contributed by atoms with Gasteiger partial charge in [-0.15, -0.1) is 0 Å². The summed E-state index contributed by atoms with van der Waals surface area (Å²) in [6.45, 7) is 0. The molecule has 1 heterocycles. The second-order valence-corrected chi connectivity index (χ2v) is 4.99. The van der Waals surface area contributed by atoms with Crippen LogP contribution in [0.25, 0.3) is 11.0 Å². The predicted octanol–water partition coefficient (Wildman–Crippen LogP) is 3.59. The molecule has 0 fully saturated rings. The Labute approximate surface area is 122 Å².